The molecule has 1 aromatic carbocycles. The highest BCUT2D eigenvalue weighted by Crippen LogP contribution is 2.15. The Morgan fingerprint density at radius 1 is 0.500 bits per heavy atom. The van der Waals surface area contributed by atoms with E-state index in [1.807, 2.05) is 12.1 Å². The number of halogens is 1. The first-order valence-corrected chi connectivity index (χ1v) is 11.6. The van der Waals surface area contributed by atoms with E-state index in [-0.39, 0.29) is 0 Å². The molecule has 0 atom stereocenters. The van der Waals surface area contributed by atoms with E-state index in [1.54, 1.807) is 0 Å². The smallest absolute Gasteiger partial charge is 0.0431 e. The van der Waals surface area contributed by atoms with Crippen molar-refractivity contribution in [2.75, 3.05) is 6.61 Å². The van der Waals surface area contributed by atoms with Crippen LogP contribution in [-0.4, -0.2) is 11.7 Å². The summed E-state index contributed by atoms with van der Waals surface area (Å²) in [5.74, 6) is 0. The van der Waals surface area contributed by atoms with Crippen molar-refractivity contribution in [3.8, 4) is 0 Å². The van der Waals surface area contributed by atoms with E-state index in [0.717, 1.165) is 11.4 Å². The van der Waals surface area contributed by atoms with Crippen LogP contribution in [0, 0.1) is 0 Å². The number of hydrogen-bond donors (Lipinski definition) is 1. The summed E-state index contributed by atoms with van der Waals surface area (Å²) < 4.78 is 0. The number of unbranched alkanes of at least 4 members (excludes halogenated alkanes) is 15. The van der Waals surface area contributed by atoms with E-state index < -0.39 is 0 Å². The number of aryl methyl sites for hydroxylation is 1. The molecule has 1 aromatic rings. The second kappa shape index (κ2) is 17.9. The Bertz CT molecular complexity index is 401. The fraction of sp³-hybridized carbons (Fsp3) is 0.750. The SMILES string of the molecule is OCCCCCCCCCCCCCCCCCCc1ccc(Cl)cc1. The Morgan fingerprint density at radius 3 is 1.23 bits per heavy atom. The number of aliphatic hydroxyl groups is 1. The minimum atomic E-state index is 0.364. The van der Waals surface area contributed by atoms with E-state index in [4.69, 9.17) is 16.7 Å². The Labute approximate surface area is 167 Å². The predicted molar refractivity (Wildman–Crippen MR) is 116 cm³/mol. The topological polar surface area (TPSA) is 20.2 Å². The van der Waals surface area contributed by atoms with Crippen LogP contribution in [0.1, 0.15) is 108 Å². The molecule has 0 aromatic heterocycles. The Kier molecular flexibility index (Phi) is 16.2. The molecular formula is C24H41ClO. The number of benzene rings is 1. The molecule has 0 aliphatic heterocycles. The van der Waals surface area contributed by atoms with Gasteiger partial charge in [-0.3, -0.25) is 0 Å². The minimum absolute atomic E-state index is 0.364. The molecule has 0 aliphatic carbocycles. The summed E-state index contributed by atoms with van der Waals surface area (Å²) >= 11 is 5.91. The van der Waals surface area contributed by atoms with Crippen molar-refractivity contribution in [2.24, 2.45) is 0 Å². The summed E-state index contributed by atoms with van der Waals surface area (Å²) in [5.41, 5.74) is 1.42. The molecule has 0 saturated carbocycles. The monoisotopic (exact) mass is 380 g/mol. The van der Waals surface area contributed by atoms with Crippen LogP contribution in [0.2, 0.25) is 5.02 Å². The quantitative estimate of drug-likeness (QED) is 0.255. The number of rotatable bonds is 18. The van der Waals surface area contributed by atoms with E-state index >= 15 is 0 Å². The maximum atomic E-state index is 8.73. The zero-order valence-electron chi connectivity index (χ0n) is 16.9. The first kappa shape index (κ1) is 23.5. The van der Waals surface area contributed by atoms with Gasteiger partial charge in [0.15, 0.2) is 0 Å². The van der Waals surface area contributed by atoms with Crippen LogP contribution in [0.4, 0.5) is 0 Å². The van der Waals surface area contributed by atoms with Gasteiger partial charge in [-0.15, -0.1) is 0 Å². The Morgan fingerprint density at radius 2 is 0.846 bits per heavy atom. The van der Waals surface area contributed by atoms with Crippen molar-refractivity contribution in [2.45, 2.75) is 109 Å². The van der Waals surface area contributed by atoms with Gasteiger partial charge in [-0.1, -0.05) is 114 Å². The predicted octanol–water partition coefficient (Wildman–Crippen LogP) is 8.12. The fourth-order valence-electron chi connectivity index (χ4n) is 3.57. The van der Waals surface area contributed by atoms with Crippen molar-refractivity contribution in [1.29, 1.82) is 0 Å². The largest absolute Gasteiger partial charge is 0.396 e. The molecule has 0 amide bonds. The molecule has 0 heterocycles. The lowest BCUT2D eigenvalue weighted by Crippen LogP contribution is -1.86. The molecule has 0 fully saturated rings. The summed E-state index contributed by atoms with van der Waals surface area (Å²) in [4.78, 5) is 0. The maximum absolute atomic E-state index is 8.73. The van der Waals surface area contributed by atoms with Gasteiger partial charge in [0.1, 0.15) is 0 Å². The summed E-state index contributed by atoms with van der Waals surface area (Å²) in [6.07, 6.45) is 22.9. The average molecular weight is 381 g/mol. The molecule has 0 saturated heterocycles. The summed E-state index contributed by atoms with van der Waals surface area (Å²) in [7, 11) is 0. The van der Waals surface area contributed by atoms with Crippen LogP contribution >= 0.6 is 11.6 Å². The maximum Gasteiger partial charge on any atom is 0.0431 e. The lowest BCUT2D eigenvalue weighted by Gasteiger charge is -2.04. The molecule has 0 bridgehead atoms. The molecule has 150 valence electrons. The van der Waals surface area contributed by atoms with Crippen molar-refractivity contribution in [3.05, 3.63) is 34.9 Å². The number of hydrogen-bond acceptors (Lipinski definition) is 1. The molecule has 1 N–H and O–H groups in total. The zero-order valence-corrected chi connectivity index (χ0v) is 17.6. The molecule has 2 heteroatoms. The van der Waals surface area contributed by atoms with Crippen molar-refractivity contribution in [3.63, 3.8) is 0 Å². The van der Waals surface area contributed by atoms with Crippen LogP contribution in [-0.2, 0) is 6.42 Å². The third kappa shape index (κ3) is 14.6. The number of aliphatic hydroxyl groups excluding tert-OH is 1. The first-order chi connectivity index (χ1) is 12.8. The van der Waals surface area contributed by atoms with Crippen molar-refractivity contribution < 1.29 is 5.11 Å². The van der Waals surface area contributed by atoms with Gasteiger partial charge in [-0.25, -0.2) is 0 Å². The second-order valence-electron chi connectivity index (χ2n) is 7.76. The lowest BCUT2D eigenvalue weighted by molar-refractivity contribution is 0.282. The minimum Gasteiger partial charge on any atom is -0.396 e. The summed E-state index contributed by atoms with van der Waals surface area (Å²) in [5, 5.41) is 9.56. The third-order valence-corrected chi connectivity index (χ3v) is 5.54. The molecule has 0 aliphatic rings. The van der Waals surface area contributed by atoms with Crippen molar-refractivity contribution >= 4 is 11.6 Å². The van der Waals surface area contributed by atoms with Gasteiger partial charge in [0.25, 0.3) is 0 Å². The van der Waals surface area contributed by atoms with Gasteiger partial charge >= 0.3 is 0 Å². The van der Waals surface area contributed by atoms with Gasteiger partial charge < -0.3 is 5.11 Å². The van der Waals surface area contributed by atoms with E-state index in [0.29, 0.717) is 6.61 Å². The van der Waals surface area contributed by atoms with E-state index in [1.165, 1.54) is 108 Å². The fourth-order valence-corrected chi connectivity index (χ4v) is 3.69. The second-order valence-corrected chi connectivity index (χ2v) is 8.19. The zero-order chi connectivity index (χ0) is 18.7. The highest BCUT2D eigenvalue weighted by atomic mass is 35.5. The molecule has 26 heavy (non-hydrogen) atoms. The Hall–Kier alpha value is -0.530. The average Bonchev–Trinajstić information content (AvgIpc) is 2.66. The van der Waals surface area contributed by atoms with E-state index in [2.05, 4.69) is 12.1 Å². The van der Waals surface area contributed by atoms with Crippen LogP contribution in [0.25, 0.3) is 0 Å². The van der Waals surface area contributed by atoms with Gasteiger partial charge in [0.05, 0.1) is 0 Å². The highest BCUT2D eigenvalue weighted by molar-refractivity contribution is 6.30. The Balaban J connectivity index is 1.72. The van der Waals surface area contributed by atoms with E-state index in [9.17, 15) is 0 Å². The van der Waals surface area contributed by atoms with Gasteiger partial charge in [0, 0.05) is 11.6 Å². The highest BCUT2D eigenvalue weighted by Gasteiger charge is 1.96. The van der Waals surface area contributed by atoms with Gasteiger partial charge in [-0.2, -0.15) is 0 Å². The summed E-state index contributed by atoms with van der Waals surface area (Å²) in [6, 6.07) is 8.30. The standard InChI is InChI=1S/C24H41ClO/c25-24-20-18-23(19-21-24)17-15-13-11-9-7-5-3-1-2-4-6-8-10-12-14-16-22-26/h18-21,26H,1-17,22H2. The third-order valence-electron chi connectivity index (χ3n) is 5.29. The molecular weight excluding hydrogens is 340 g/mol. The first-order valence-electron chi connectivity index (χ1n) is 11.2. The van der Waals surface area contributed by atoms with Gasteiger partial charge in [-0.05, 0) is 37.0 Å². The van der Waals surface area contributed by atoms with Crippen LogP contribution in [0.15, 0.2) is 24.3 Å². The van der Waals surface area contributed by atoms with Gasteiger partial charge in [0.2, 0.25) is 0 Å². The van der Waals surface area contributed by atoms with Crippen LogP contribution in [0.3, 0.4) is 0 Å². The van der Waals surface area contributed by atoms with Crippen molar-refractivity contribution in [1.82, 2.24) is 0 Å². The van der Waals surface area contributed by atoms with Crippen LogP contribution < -0.4 is 0 Å². The summed E-state index contributed by atoms with van der Waals surface area (Å²) in [6.45, 7) is 0.364. The lowest BCUT2D eigenvalue weighted by atomic mass is 10.0. The molecule has 0 radical (unpaired) electrons. The normalized spacial score (nSPS) is 11.2. The molecule has 0 unspecified atom stereocenters. The molecule has 1 rings (SSSR count). The molecule has 0 spiro atoms. The molecule has 1 nitrogen and oxygen atoms in total. The van der Waals surface area contributed by atoms with Crippen LogP contribution in [0.5, 0.6) is 0 Å².